The van der Waals surface area contributed by atoms with Gasteiger partial charge in [-0.1, -0.05) is 6.92 Å². The van der Waals surface area contributed by atoms with Gasteiger partial charge >= 0.3 is 5.97 Å². The number of nitrogens with one attached hydrogen (secondary N) is 1. The lowest BCUT2D eigenvalue weighted by atomic mass is 9.78. The minimum Gasteiger partial charge on any atom is -0.466 e. The second-order valence-electron chi connectivity index (χ2n) is 6.70. The van der Waals surface area contributed by atoms with Gasteiger partial charge in [0.05, 0.1) is 18.1 Å². The highest BCUT2D eigenvalue weighted by Gasteiger charge is 2.36. The Morgan fingerprint density at radius 1 is 1.35 bits per heavy atom. The molecule has 0 aliphatic heterocycles. The van der Waals surface area contributed by atoms with Crippen LogP contribution in [-0.2, 0) is 9.53 Å². The maximum atomic E-state index is 11.7. The maximum absolute atomic E-state index is 11.7. The van der Waals surface area contributed by atoms with Gasteiger partial charge in [0.15, 0.2) is 0 Å². The average molecular weight is 283 g/mol. The number of ether oxygens (including phenoxy) is 1. The molecule has 4 nitrogen and oxygen atoms in total. The smallest absolute Gasteiger partial charge is 0.308 e. The fourth-order valence-corrected chi connectivity index (χ4v) is 3.19. The number of carbonyl (C=O) groups excluding carboxylic acids is 1. The van der Waals surface area contributed by atoms with Crippen LogP contribution in [0.5, 0.6) is 0 Å². The lowest BCUT2D eigenvalue weighted by molar-refractivity contribution is -0.151. The van der Waals surface area contributed by atoms with Crippen molar-refractivity contribution in [3.05, 3.63) is 0 Å². The zero-order valence-electron chi connectivity index (χ0n) is 12.9. The van der Waals surface area contributed by atoms with Crippen molar-refractivity contribution in [1.82, 2.24) is 5.32 Å². The maximum Gasteiger partial charge on any atom is 0.308 e. The van der Waals surface area contributed by atoms with Gasteiger partial charge < -0.3 is 15.2 Å². The second-order valence-corrected chi connectivity index (χ2v) is 6.70. The van der Waals surface area contributed by atoms with E-state index in [9.17, 15) is 9.90 Å². The van der Waals surface area contributed by atoms with Crippen LogP contribution in [0.1, 0.15) is 52.4 Å². The van der Waals surface area contributed by atoms with E-state index in [2.05, 4.69) is 12.2 Å². The fourth-order valence-electron chi connectivity index (χ4n) is 3.19. The van der Waals surface area contributed by atoms with E-state index in [-0.39, 0.29) is 11.9 Å². The highest BCUT2D eigenvalue weighted by atomic mass is 16.5. The summed E-state index contributed by atoms with van der Waals surface area (Å²) < 4.78 is 5.06. The van der Waals surface area contributed by atoms with Crippen LogP contribution in [0.3, 0.4) is 0 Å². The summed E-state index contributed by atoms with van der Waals surface area (Å²) in [5, 5.41) is 14.0. The topological polar surface area (TPSA) is 58.6 Å². The largest absolute Gasteiger partial charge is 0.466 e. The molecule has 1 atom stereocenters. The van der Waals surface area contributed by atoms with Crippen LogP contribution in [0.2, 0.25) is 0 Å². The summed E-state index contributed by atoms with van der Waals surface area (Å²) in [6.07, 6.45) is 5.62. The fraction of sp³-hybridized carbons (Fsp3) is 0.938. The van der Waals surface area contributed by atoms with Gasteiger partial charge in [-0.2, -0.15) is 0 Å². The van der Waals surface area contributed by atoms with Crippen LogP contribution >= 0.6 is 0 Å². The number of hydrogen-bond acceptors (Lipinski definition) is 4. The van der Waals surface area contributed by atoms with Crippen LogP contribution in [0.15, 0.2) is 0 Å². The van der Waals surface area contributed by atoms with E-state index in [0.717, 1.165) is 31.2 Å². The lowest BCUT2D eigenvalue weighted by Crippen LogP contribution is -2.45. The first kappa shape index (κ1) is 15.8. The Morgan fingerprint density at radius 2 is 2.00 bits per heavy atom. The standard InChI is InChI=1S/C16H29NO3/c1-3-20-15(18)14-6-8-16(19,9-7-14)11-17-10-12(2)13-4-5-13/h12-14,17,19H,3-11H2,1-2H3. The molecule has 0 aromatic rings. The van der Waals surface area contributed by atoms with Crippen LogP contribution in [0, 0.1) is 17.8 Å². The van der Waals surface area contributed by atoms with E-state index >= 15 is 0 Å². The molecule has 2 rings (SSSR count). The van der Waals surface area contributed by atoms with E-state index in [0.29, 0.717) is 26.0 Å². The van der Waals surface area contributed by atoms with E-state index in [1.54, 1.807) is 0 Å². The molecule has 2 fully saturated rings. The first-order valence-electron chi connectivity index (χ1n) is 8.14. The van der Waals surface area contributed by atoms with Gasteiger partial charge in [0.1, 0.15) is 0 Å². The molecule has 2 saturated carbocycles. The zero-order valence-corrected chi connectivity index (χ0v) is 12.9. The number of rotatable bonds is 7. The molecule has 116 valence electrons. The van der Waals surface area contributed by atoms with Gasteiger partial charge in [0.25, 0.3) is 0 Å². The van der Waals surface area contributed by atoms with E-state index < -0.39 is 5.60 Å². The third-order valence-electron chi connectivity index (χ3n) is 4.88. The Bertz CT molecular complexity index is 320. The van der Waals surface area contributed by atoms with Gasteiger partial charge in [-0.3, -0.25) is 4.79 Å². The summed E-state index contributed by atoms with van der Waals surface area (Å²) in [5.74, 6) is 1.51. The molecule has 2 aliphatic carbocycles. The summed E-state index contributed by atoms with van der Waals surface area (Å²) in [5.41, 5.74) is -0.633. The molecule has 0 aromatic heterocycles. The monoisotopic (exact) mass is 283 g/mol. The van der Waals surface area contributed by atoms with Crippen LogP contribution in [-0.4, -0.2) is 36.4 Å². The molecule has 4 heteroatoms. The molecule has 20 heavy (non-hydrogen) atoms. The number of aliphatic hydroxyl groups is 1. The van der Waals surface area contributed by atoms with Crippen molar-refractivity contribution >= 4 is 5.97 Å². The van der Waals surface area contributed by atoms with Crippen LogP contribution in [0.4, 0.5) is 0 Å². The minimum atomic E-state index is -0.633. The Morgan fingerprint density at radius 3 is 2.55 bits per heavy atom. The number of esters is 1. The molecule has 0 amide bonds. The third-order valence-corrected chi connectivity index (χ3v) is 4.88. The molecular formula is C16H29NO3. The van der Waals surface area contributed by atoms with Gasteiger partial charge in [-0.15, -0.1) is 0 Å². The van der Waals surface area contributed by atoms with E-state index in [1.807, 2.05) is 6.92 Å². The molecule has 0 radical (unpaired) electrons. The summed E-state index contributed by atoms with van der Waals surface area (Å²) >= 11 is 0. The number of carbonyl (C=O) groups is 1. The second kappa shape index (κ2) is 6.90. The minimum absolute atomic E-state index is 0.0133. The van der Waals surface area contributed by atoms with Crippen molar-refractivity contribution in [2.45, 2.75) is 58.0 Å². The van der Waals surface area contributed by atoms with Crippen molar-refractivity contribution in [3.8, 4) is 0 Å². The molecule has 0 bridgehead atoms. The summed E-state index contributed by atoms with van der Waals surface area (Å²) in [6.45, 7) is 6.21. The summed E-state index contributed by atoms with van der Waals surface area (Å²) in [7, 11) is 0. The molecule has 2 aliphatic rings. The molecule has 0 spiro atoms. The van der Waals surface area contributed by atoms with Crippen molar-refractivity contribution < 1.29 is 14.6 Å². The Kier molecular flexibility index (Phi) is 5.44. The first-order valence-corrected chi connectivity index (χ1v) is 8.14. The molecule has 0 saturated heterocycles. The van der Waals surface area contributed by atoms with Gasteiger partial charge in [-0.05, 0) is 63.8 Å². The highest BCUT2D eigenvalue weighted by molar-refractivity contribution is 5.72. The first-order chi connectivity index (χ1) is 9.54. The summed E-state index contributed by atoms with van der Waals surface area (Å²) in [6, 6.07) is 0. The van der Waals surface area contributed by atoms with Crippen molar-refractivity contribution in [1.29, 1.82) is 0 Å². The van der Waals surface area contributed by atoms with E-state index in [1.165, 1.54) is 12.8 Å². The van der Waals surface area contributed by atoms with Crippen molar-refractivity contribution in [2.75, 3.05) is 19.7 Å². The Balaban J connectivity index is 1.66. The van der Waals surface area contributed by atoms with Crippen LogP contribution in [0.25, 0.3) is 0 Å². The summed E-state index contributed by atoms with van der Waals surface area (Å²) in [4.78, 5) is 11.7. The molecule has 2 N–H and O–H groups in total. The number of hydrogen-bond donors (Lipinski definition) is 2. The SMILES string of the molecule is CCOC(=O)C1CCC(O)(CNCC(C)C2CC2)CC1. The van der Waals surface area contributed by atoms with Crippen molar-refractivity contribution in [3.63, 3.8) is 0 Å². The average Bonchev–Trinajstić information content (AvgIpc) is 3.24. The highest BCUT2D eigenvalue weighted by Crippen LogP contribution is 2.36. The van der Waals surface area contributed by atoms with Gasteiger partial charge in [0.2, 0.25) is 0 Å². The predicted molar refractivity (Wildman–Crippen MR) is 78.3 cm³/mol. The van der Waals surface area contributed by atoms with Gasteiger partial charge in [-0.25, -0.2) is 0 Å². The van der Waals surface area contributed by atoms with Gasteiger partial charge in [0, 0.05) is 6.54 Å². The van der Waals surface area contributed by atoms with Crippen LogP contribution < -0.4 is 5.32 Å². The predicted octanol–water partition coefficient (Wildman–Crippen LogP) is 2.11. The lowest BCUT2D eigenvalue weighted by Gasteiger charge is -2.35. The zero-order chi connectivity index (χ0) is 14.6. The normalized spacial score (nSPS) is 31.9. The molecular weight excluding hydrogens is 254 g/mol. The molecule has 0 heterocycles. The van der Waals surface area contributed by atoms with E-state index in [4.69, 9.17) is 4.74 Å². The Hall–Kier alpha value is -0.610. The Labute approximate surface area is 122 Å². The third kappa shape index (κ3) is 4.45. The quantitative estimate of drug-likeness (QED) is 0.703. The molecule has 0 aromatic carbocycles. The molecule has 1 unspecified atom stereocenters. The van der Waals surface area contributed by atoms with Crippen molar-refractivity contribution in [2.24, 2.45) is 17.8 Å².